The van der Waals surface area contributed by atoms with Gasteiger partial charge in [0.25, 0.3) is 0 Å². The molecule has 1 heterocycles. The van der Waals surface area contributed by atoms with Gasteiger partial charge in [-0.2, -0.15) is 0 Å². The summed E-state index contributed by atoms with van der Waals surface area (Å²) in [5.74, 6) is 0. The Bertz CT molecular complexity index is 812. The molecule has 0 saturated carbocycles. The van der Waals surface area contributed by atoms with Gasteiger partial charge in [0.1, 0.15) is 5.01 Å². The van der Waals surface area contributed by atoms with Crippen LogP contribution in [0.1, 0.15) is 10.6 Å². The van der Waals surface area contributed by atoms with Gasteiger partial charge < -0.3 is 10.2 Å². The molecular formula is C20H22ClN3S. The molecule has 2 aromatic carbocycles. The van der Waals surface area contributed by atoms with Crippen molar-refractivity contribution in [3.8, 4) is 10.4 Å². The fraction of sp³-hybridized carbons (Fsp3) is 0.250. The monoisotopic (exact) mass is 371 g/mol. The zero-order chi connectivity index (χ0) is 17.6. The molecule has 0 aliphatic heterocycles. The lowest BCUT2D eigenvalue weighted by atomic mass is 10.1. The van der Waals surface area contributed by atoms with Crippen LogP contribution in [0.3, 0.4) is 0 Å². The average molecular weight is 372 g/mol. The summed E-state index contributed by atoms with van der Waals surface area (Å²) in [5.41, 5.74) is 3.60. The number of aromatic nitrogens is 1. The molecule has 0 fully saturated rings. The molecule has 0 spiro atoms. The molecular weight excluding hydrogens is 350 g/mol. The van der Waals surface area contributed by atoms with Gasteiger partial charge in [0.05, 0.1) is 4.88 Å². The molecule has 1 aromatic heterocycles. The zero-order valence-electron chi connectivity index (χ0n) is 14.5. The van der Waals surface area contributed by atoms with E-state index in [4.69, 9.17) is 11.6 Å². The summed E-state index contributed by atoms with van der Waals surface area (Å²) in [5, 5.41) is 5.39. The van der Waals surface area contributed by atoms with Crippen LogP contribution in [0.15, 0.2) is 54.7 Å². The molecule has 3 aromatic rings. The molecule has 5 heteroatoms. The SMILES string of the molecule is CN(C)c1ccc(-c2cnc(CNCCc3ccccc3Cl)s2)cc1. The average Bonchev–Trinajstić information content (AvgIpc) is 3.09. The van der Waals surface area contributed by atoms with Crippen LogP contribution in [-0.2, 0) is 13.0 Å². The summed E-state index contributed by atoms with van der Waals surface area (Å²) < 4.78 is 0. The molecule has 0 amide bonds. The Hall–Kier alpha value is -1.88. The smallest absolute Gasteiger partial charge is 0.107 e. The minimum Gasteiger partial charge on any atom is -0.378 e. The van der Waals surface area contributed by atoms with E-state index in [1.54, 1.807) is 11.3 Å². The van der Waals surface area contributed by atoms with Crippen molar-refractivity contribution in [3.63, 3.8) is 0 Å². The fourth-order valence-electron chi connectivity index (χ4n) is 2.57. The molecule has 0 atom stereocenters. The minimum absolute atomic E-state index is 0.783. The van der Waals surface area contributed by atoms with Gasteiger partial charge in [-0.15, -0.1) is 11.3 Å². The Morgan fingerprint density at radius 2 is 1.84 bits per heavy atom. The molecule has 0 unspecified atom stereocenters. The third kappa shape index (κ3) is 4.82. The summed E-state index contributed by atoms with van der Waals surface area (Å²) in [6.07, 6.45) is 2.88. The maximum absolute atomic E-state index is 6.18. The van der Waals surface area contributed by atoms with Crippen LogP contribution in [0, 0.1) is 0 Å². The van der Waals surface area contributed by atoms with Crippen LogP contribution < -0.4 is 10.2 Å². The van der Waals surface area contributed by atoms with Crippen LogP contribution in [-0.4, -0.2) is 25.6 Å². The van der Waals surface area contributed by atoms with E-state index in [1.165, 1.54) is 21.7 Å². The van der Waals surface area contributed by atoms with E-state index in [0.717, 1.165) is 29.5 Å². The highest BCUT2D eigenvalue weighted by atomic mass is 35.5. The molecule has 0 aliphatic carbocycles. The van der Waals surface area contributed by atoms with E-state index in [-0.39, 0.29) is 0 Å². The highest BCUT2D eigenvalue weighted by molar-refractivity contribution is 7.15. The molecule has 0 aliphatic rings. The van der Waals surface area contributed by atoms with Crippen LogP contribution in [0.5, 0.6) is 0 Å². The third-order valence-electron chi connectivity index (χ3n) is 4.03. The van der Waals surface area contributed by atoms with Crippen molar-refractivity contribution >= 4 is 28.6 Å². The predicted octanol–water partition coefficient (Wildman–Crippen LogP) is 4.86. The molecule has 25 heavy (non-hydrogen) atoms. The normalized spacial score (nSPS) is 10.8. The number of hydrogen-bond acceptors (Lipinski definition) is 4. The van der Waals surface area contributed by atoms with Crippen molar-refractivity contribution in [3.05, 3.63) is 70.3 Å². The first-order valence-electron chi connectivity index (χ1n) is 8.30. The van der Waals surface area contributed by atoms with Crippen LogP contribution in [0.2, 0.25) is 5.02 Å². The summed E-state index contributed by atoms with van der Waals surface area (Å²) in [6, 6.07) is 16.6. The van der Waals surface area contributed by atoms with Crippen molar-refractivity contribution in [2.24, 2.45) is 0 Å². The van der Waals surface area contributed by atoms with Gasteiger partial charge in [-0.25, -0.2) is 4.98 Å². The van der Waals surface area contributed by atoms with Gasteiger partial charge in [-0.3, -0.25) is 0 Å². The Kier molecular flexibility index (Phi) is 6.08. The van der Waals surface area contributed by atoms with Crippen molar-refractivity contribution in [1.82, 2.24) is 10.3 Å². The molecule has 3 rings (SSSR count). The van der Waals surface area contributed by atoms with E-state index >= 15 is 0 Å². The van der Waals surface area contributed by atoms with Crippen molar-refractivity contribution in [2.45, 2.75) is 13.0 Å². The Morgan fingerprint density at radius 1 is 1.08 bits per heavy atom. The second-order valence-electron chi connectivity index (χ2n) is 6.08. The molecule has 1 N–H and O–H groups in total. The minimum atomic E-state index is 0.783. The second-order valence-corrected chi connectivity index (χ2v) is 7.60. The van der Waals surface area contributed by atoms with Crippen LogP contribution in [0.25, 0.3) is 10.4 Å². The van der Waals surface area contributed by atoms with E-state index in [9.17, 15) is 0 Å². The van der Waals surface area contributed by atoms with E-state index in [2.05, 4.69) is 45.5 Å². The van der Waals surface area contributed by atoms with Gasteiger partial charge in [-0.05, 0) is 42.3 Å². The maximum atomic E-state index is 6.18. The number of nitrogens with one attached hydrogen (secondary N) is 1. The van der Waals surface area contributed by atoms with Gasteiger partial charge in [0, 0.05) is 37.5 Å². The van der Waals surface area contributed by atoms with E-state index in [1.807, 2.05) is 38.5 Å². The summed E-state index contributed by atoms with van der Waals surface area (Å²) in [6.45, 7) is 1.67. The molecule has 130 valence electrons. The summed E-state index contributed by atoms with van der Waals surface area (Å²) in [7, 11) is 4.10. The fourth-order valence-corrected chi connectivity index (χ4v) is 3.69. The van der Waals surface area contributed by atoms with Crippen molar-refractivity contribution in [1.29, 1.82) is 0 Å². The lowest BCUT2D eigenvalue weighted by molar-refractivity contribution is 0.684. The van der Waals surface area contributed by atoms with Gasteiger partial charge in [0.15, 0.2) is 0 Å². The number of halogens is 1. The Balaban J connectivity index is 1.52. The first-order valence-corrected chi connectivity index (χ1v) is 9.49. The van der Waals surface area contributed by atoms with Crippen molar-refractivity contribution < 1.29 is 0 Å². The Labute approximate surface area is 158 Å². The Morgan fingerprint density at radius 3 is 2.56 bits per heavy atom. The van der Waals surface area contributed by atoms with Gasteiger partial charge in [-0.1, -0.05) is 41.9 Å². The topological polar surface area (TPSA) is 28.2 Å². The highest BCUT2D eigenvalue weighted by Gasteiger charge is 2.05. The van der Waals surface area contributed by atoms with Gasteiger partial charge >= 0.3 is 0 Å². The number of anilines is 1. The lowest BCUT2D eigenvalue weighted by Gasteiger charge is -2.12. The molecule has 3 nitrogen and oxygen atoms in total. The number of thiazole rings is 1. The third-order valence-corrected chi connectivity index (χ3v) is 5.44. The highest BCUT2D eigenvalue weighted by Crippen LogP contribution is 2.27. The quantitative estimate of drug-likeness (QED) is 0.601. The standard InChI is InChI=1S/C20H22ClN3S/c1-24(2)17-9-7-16(8-10-17)19-13-23-20(25-19)14-22-12-11-15-5-3-4-6-18(15)21/h3-10,13,22H,11-12,14H2,1-2H3. The van der Waals surface area contributed by atoms with Gasteiger partial charge in [0.2, 0.25) is 0 Å². The number of benzene rings is 2. The zero-order valence-corrected chi connectivity index (χ0v) is 16.1. The lowest BCUT2D eigenvalue weighted by Crippen LogP contribution is -2.16. The summed E-state index contributed by atoms with van der Waals surface area (Å²) in [4.78, 5) is 7.84. The summed E-state index contributed by atoms with van der Waals surface area (Å²) >= 11 is 7.92. The van der Waals surface area contributed by atoms with E-state index in [0.29, 0.717) is 0 Å². The second kappa shape index (κ2) is 8.48. The van der Waals surface area contributed by atoms with Crippen LogP contribution >= 0.6 is 22.9 Å². The predicted molar refractivity (Wildman–Crippen MR) is 109 cm³/mol. The van der Waals surface area contributed by atoms with Crippen LogP contribution in [0.4, 0.5) is 5.69 Å². The number of hydrogen-bond donors (Lipinski definition) is 1. The molecule has 0 saturated heterocycles. The maximum Gasteiger partial charge on any atom is 0.107 e. The number of nitrogens with zero attached hydrogens (tertiary/aromatic N) is 2. The largest absolute Gasteiger partial charge is 0.378 e. The number of rotatable bonds is 7. The van der Waals surface area contributed by atoms with Crippen molar-refractivity contribution in [2.75, 3.05) is 25.5 Å². The molecule has 0 bridgehead atoms. The van der Waals surface area contributed by atoms with E-state index < -0.39 is 0 Å². The molecule has 0 radical (unpaired) electrons. The first kappa shape index (κ1) is 17.9. The first-order chi connectivity index (χ1) is 12.1.